The Hall–Kier alpha value is -4.51. The van der Waals surface area contributed by atoms with Gasteiger partial charge in [0, 0.05) is 23.4 Å². The number of hydrogen-bond donors (Lipinski definition) is 0. The highest BCUT2D eigenvalue weighted by Gasteiger charge is 2.64. The number of alkyl halides is 3. The molecule has 3 heterocycles. The second-order valence-electron chi connectivity index (χ2n) is 9.66. The summed E-state index contributed by atoms with van der Waals surface area (Å²) in [5.41, 5.74) is -0.551. The van der Waals surface area contributed by atoms with Crippen molar-refractivity contribution in [2.75, 3.05) is 9.80 Å². The van der Waals surface area contributed by atoms with Crippen LogP contribution in [0.5, 0.6) is 0 Å². The van der Waals surface area contributed by atoms with Gasteiger partial charge in [0.1, 0.15) is 6.04 Å². The van der Waals surface area contributed by atoms with Crippen LogP contribution in [0.1, 0.15) is 21.5 Å². The molecule has 6 rings (SSSR count). The van der Waals surface area contributed by atoms with E-state index in [0.717, 1.165) is 23.8 Å². The quantitative estimate of drug-likeness (QED) is 0.178. The first-order valence-corrected chi connectivity index (χ1v) is 12.5. The number of hydrogen-bond acceptors (Lipinski definition) is 6. The van der Waals surface area contributed by atoms with Crippen LogP contribution in [0.15, 0.2) is 72.8 Å². The molecule has 202 valence electrons. The number of anilines is 2. The van der Waals surface area contributed by atoms with Crippen molar-refractivity contribution in [1.29, 1.82) is 0 Å². The smallest absolute Gasteiger partial charge is 0.352 e. The Labute approximate surface area is 229 Å². The first-order valence-electron chi connectivity index (χ1n) is 12.1. The van der Waals surface area contributed by atoms with Crippen LogP contribution in [-0.4, -0.2) is 34.6 Å². The predicted octanol–water partition coefficient (Wildman–Crippen LogP) is 5.54. The summed E-state index contributed by atoms with van der Waals surface area (Å²) in [5.74, 6) is -4.56. The molecular weight excluding hydrogens is 551 g/mol. The fourth-order valence-corrected chi connectivity index (χ4v) is 6.11. The Morgan fingerprint density at radius 3 is 2.40 bits per heavy atom. The Bertz CT molecular complexity index is 1660. The minimum Gasteiger partial charge on any atom is -0.352 e. The minimum atomic E-state index is -4.83. The summed E-state index contributed by atoms with van der Waals surface area (Å²) in [4.78, 5) is 54.8. The van der Waals surface area contributed by atoms with Crippen molar-refractivity contribution in [3.8, 4) is 0 Å². The van der Waals surface area contributed by atoms with Gasteiger partial charge in [0.15, 0.2) is 5.78 Å². The molecule has 2 saturated heterocycles. The number of amides is 2. The third-order valence-electron chi connectivity index (χ3n) is 7.54. The average molecular weight is 568 g/mol. The monoisotopic (exact) mass is 567 g/mol. The number of nitrogens with zero attached hydrogens (tertiary/aromatic N) is 3. The topological polar surface area (TPSA) is 101 Å². The number of carbonyl (C=O) groups is 3. The molecule has 3 aromatic carbocycles. The largest absolute Gasteiger partial charge is 0.417 e. The number of rotatable bonds is 4. The SMILES string of the molecule is O=C(c1cccc([N+](=O)[O-])c1)C1C2C(=O)N(c3ccc(Cl)c(C(F)(F)F)c3)C(=O)C2C2C=Cc3ccccc3N21. The van der Waals surface area contributed by atoms with Crippen LogP contribution in [0.3, 0.4) is 0 Å². The highest BCUT2D eigenvalue weighted by atomic mass is 35.5. The normalized spacial score (nSPS) is 23.2. The number of Topliss-reactive ketones (excluding diaryl/α,β-unsaturated/α-hetero) is 1. The maximum Gasteiger partial charge on any atom is 0.417 e. The number of fused-ring (bicyclic) bond motifs is 5. The molecule has 4 atom stereocenters. The predicted molar refractivity (Wildman–Crippen MR) is 139 cm³/mol. The summed E-state index contributed by atoms with van der Waals surface area (Å²) < 4.78 is 40.7. The lowest BCUT2D eigenvalue weighted by Crippen LogP contribution is -2.48. The second-order valence-corrected chi connectivity index (χ2v) is 10.1. The maximum atomic E-state index is 14.0. The number of nitro groups is 1. The van der Waals surface area contributed by atoms with Crippen molar-refractivity contribution in [1.82, 2.24) is 0 Å². The molecule has 0 aromatic heterocycles. The van der Waals surface area contributed by atoms with Crippen molar-refractivity contribution in [3.63, 3.8) is 0 Å². The van der Waals surface area contributed by atoms with E-state index in [1.165, 1.54) is 18.2 Å². The van der Waals surface area contributed by atoms with Gasteiger partial charge in [-0.05, 0) is 29.8 Å². The number of nitro benzene ring substituents is 1. The molecular formula is C28H17ClF3N3O5. The Morgan fingerprint density at radius 2 is 1.68 bits per heavy atom. The summed E-state index contributed by atoms with van der Waals surface area (Å²) in [6.07, 6.45) is -1.38. The third-order valence-corrected chi connectivity index (χ3v) is 7.87. The molecule has 3 aromatic rings. The van der Waals surface area contributed by atoms with Gasteiger partial charge >= 0.3 is 6.18 Å². The Balaban J connectivity index is 1.49. The summed E-state index contributed by atoms with van der Waals surface area (Å²) in [6.45, 7) is 0. The van der Waals surface area contributed by atoms with Gasteiger partial charge in [-0.3, -0.25) is 24.5 Å². The molecule has 0 spiro atoms. The maximum absolute atomic E-state index is 14.0. The molecule has 0 N–H and O–H groups in total. The van der Waals surface area contributed by atoms with Gasteiger partial charge < -0.3 is 4.90 Å². The summed E-state index contributed by atoms with van der Waals surface area (Å²) in [6, 6.07) is 12.9. The summed E-state index contributed by atoms with van der Waals surface area (Å²) in [7, 11) is 0. The van der Waals surface area contributed by atoms with E-state index in [1.54, 1.807) is 41.3 Å². The van der Waals surface area contributed by atoms with E-state index in [-0.39, 0.29) is 16.9 Å². The zero-order valence-electron chi connectivity index (χ0n) is 20.2. The molecule has 40 heavy (non-hydrogen) atoms. The lowest BCUT2D eigenvalue weighted by molar-refractivity contribution is -0.384. The van der Waals surface area contributed by atoms with E-state index in [2.05, 4.69) is 0 Å². The molecule has 2 fully saturated rings. The number of benzene rings is 3. The third kappa shape index (κ3) is 3.80. The second kappa shape index (κ2) is 9.02. The highest BCUT2D eigenvalue weighted by Crippen LogP contribution is 2.50. The molecule has 8 nitrogen and oxygen atoms in total. The molecule has 3 aliphatic heterocycles. The van der Waals surface area contributed by atoms with Crippen LogP contribution >= 0.6 is 11.6 Å². The summed E-state index contributed by atoms with van der Waals surface area (Å²) in [5, 5.41) is 10.8. The highest BCUT2D eigenvalue weighted by molar-refractivity contribution is 6.32. The molecule has 0 aliphatic carbocycles. The van der Waals surface area contributed by atoms with Crippen LogP contribution in [0.25, 0.3) is 6.08 Å². The number of ketones is 1. The molecule has 0 saturated carbocycles. The fourth-order valence-electron chi connectivity index (χ4n) is 5.88. The molecule has 0 radical (unpaired) electrons. The van der Waals surface area contributed by atoms with E-state index in [0.29, 0.717) is 16.7 Å². The van der Waals surface area contributed by atoms with Crippen molar-refractivity contribution in [2.45, 2.75) is 18.3 Å². The molecule has 0 bridgehead atoms. The molecule has 3 aliphatic rings. The molecule has 4 unspecified atom stereocenters. The molecule has 2 amide bonds. The van der Waals surface area contributed by atoms with E-state index in [9.17, 15) is 37.7 Å². The van der Waals surface area contributed by atoms with Crippen LogP contribution in [-0.2, 0) is 15.8 Å². The Kier molecular flexibility index (Phi) is 5.81. The van der Waals surface area contributed by atoms with Crippen LogP contribution in [0.4, 0.5) is 30.2 Å². The van der Waals surface area contributed by atoms with Crippen LogP contribution in [0, 0.1) is 22.0 Å². The number of halogens is 4. The van der Waals surface area contributed by atoms with Crippen molar-refractivity contribution in [2.24, 2.45) is 11.8 Å². The lowest BCUT2D eigenvalue weighted by atomic mass is 9.86. The first-order chi connectivity index (χ1) is 19.0. The van der Waals surface area contributed by atoms with Gasteiger partial charge in [0.2, 0.25) is 11.8 Å². The number of non-ortho nitro benzene ring substituents is 1. The number of carbonyl (C=O) groups excluding carboxylic acids is 3. The van der Waals surface area contributed by atoms with Crippen molar-refractivity contribution >= 4 is 52.3 Å². The van der Waals surface area contributed by atoms with E-state index < -0.39 is 63.2 Å². The zero-order valence-corrected chi connectivity index (χ0v) is 21.0. The average Bonchev–Trinajstić information content (AvgIpc) is 3.40. The summed E-state index contributed by atoms with van der Waals surface area (Å²) >= 11 is 5.75. The number of para-hydroxylation sites is 1. The molecule has 12 heteroatoms. The fraction of sp³-hybridized carbons (Fsp3) is 0.179. The first kappa shape index (κ1) is 25.8. The van der Waals surface area contributed by atoms with E-state index >= 15 is 0 Å². The van der Waals surface area contributed by atoms with Crippen LogP contribution in [0.2, 0.25) is 5.02 Å². The van der Waals surface area contributed by atoms with Gasteiger partial charge in [-0.2, -0.15) is 13.2 Å². The van der Waals surface area contributed by atoms with E-state index in [1.807, 2.05) is 0 Å². The van der Waals surface area contributed by atoms with Crippen molar-refractivity contribution in [3.05, 3.63) is 105 Å². The standard InChI is InChI=1S/C28H17ClF3N3O5/c29-19-10-9-16(13-18(19)28(30,31)32)33-26(37)22-21-11-8-14-4-1-2-7-20(14)34(21)24(23(22)27(33)38)25(36)15-5-3-6-17(12-15)35(39)40/h1-13,21-24H. The van der Waals surface area contributed by atoms with Crippen LogP contribution < -0.4 is 9.80 Å². The van der Waals surface area contributed by atoms with Gasteiger partial charge in [-0.1, -0.05) is 54.1 Å². The van der Waals surface area contributed by atoms with Gasteiger partial charge in [-0.15, -0.1) is 0 Å². The van der Waals surface area contributed by atoms with E-state index in [4.69, 9.17) is 11.6 Å². The Morgan fingerprint density at radius 1 is 0.950 bits per heavy atom. The lowest BCUT2D eigenvalue weighted by Gasteiger charge is -2.36. The van der Waals surface area contributed by atoms with Gasteiger partial charge in [0.25, 0.3) is 5.69 Å². The minimum absolute atomic E-state index is 0.0322. The number of imide groups is 1. The zero-order chi connectivity index (χ0) is 28.5. The van der Waals surface area contributed by atoms with Crippen molar-refractivity contribution < 1.29 is 32.5 Å². The van der Waals surface area contributed by atoms with Gasteiger partial charge in [0.05, 0.1) is 39.1 Å². The van der Waals surface area contributed by atoms with Gasteiger partial charge in [-0.25, -0.2) is 4.90 Å².